The van der Waals surface area contributed by atoms with Crippen LogP contribution in [0.15, 0.2) is 84.9 Å². The summed E-state index contributed by atoms with van der Waals surface area (Å²) in [4.78, 5) is 25.2. The molecular weight excluding hydrogens is 357 g/mol. The third-order valence-electron chi connectivity index (χ3n) is 4.30. The number of rotatable bonds is 6. The second kappa shape index (κ2) is 8.95. The fraction of sp³-hybridized carbons (Fsp3) is 0.130. The minimum Gasteiger partial charge on any atom is -0.452 e. The first-order valence-electron chi connectivity index (χ1n) is 8.92. The first-order valence-corrected chi connectivity index (χ1v) is 8.92. The van der Waals surface area contributed by atoms with Crippen LogP contribution in [0.4, 0.5) is 10.1 Å². The summed E-state index contributed by atoms with van der Waals surface area (Å²) in [5.74, 6) is -2.36. The predicted octanol–water partition coefficient (Wildman–Crippen LogP) is 4.53. The minimum atomic E-state index is -1.08. The van der Waals surface area contributed by atoms with Crippen LogP contribution in [0, 0.1) is 5.82 Å². The molecule has 0 saturated heterocycles. The number of carbonyl (C=O) groups is 2. The molecule has 0 aliphatic rings. The summed E-state index contributed by atoms with van der Waals surface area (Å²) in [6, 6.07) is 24.3. The minimum absolute atomic E-state index is 0.0399. The zero-order valence-corrected chi connectivity index (χ0v) is 15.3. The molecule has 3 aromatic carbocycles. The molecule has 0 aliphatic carbocycles. The molecule has 3 rings (SSSR count). The molecule has 0 fully saturated rings. The molecule has 0 spiro atoms. The van der Waals surface area contributed by atoms with E-state index >= 15 is 0 Å². The van der Waals surface area contributed by atoms with Crippen LogP contribution in [-0.4, -0.2) is 18.0 Å². The lowest BCUT2D eigenvalue weighted by Crippen LogP contribution is -2.32. The molecule has 0 saturated carbocycles. The van der Waals surface area contributed by atoms with Gasteiger partial charge < -0.3 is 10.1 Å². The van der Waals surface area contributed by atoms with E-state index in [1.165, 1.54) is 25.1 Å². The summed E-state index contributed by atoms with van der Waals surface area (Å²) in [7, 11) is 0. The lowest BCUT2D eigenvalue weighted by molar-refractivity contribution is -0.153. The van der Waals surface area contributed by atoms with E-state index in [9.17, 15) is 14.0 Å². The Hall–Kier alpha value is -3.47. The van der Waals surface area contributed by atoms with Gasteiger partial charge in [0.25, 0.3) is 5.91 Å². The molecule has 0 radical (unpaired) electrons. The van der Waals surface area contributed by atoms with Crippen molar-refractivity contribution in [3.63, 3.8) is 0 Å². The largest absolute Gasteiger partial charge is 0.452 e. The quantitative estimate of drug-likeness (QED) is 0.642. The number of carbonyl (C=O) groups excluding carboxylic acids is 2. The first-order chi connectivity index (χ1) is 13.6. The number of halogens is 1. The molecule has 1 amide bonds. The van der Waals surface area contributed by atoms with Gasteiger partial charge in [-0.25, -0.2) is 4.39 Å². The third kappa shape index (κ3) is 4.62. The Balaban J connectivity index is 1.76. The highest BCUT2D eigenvalue weighted by Gasteiger charge is 2.28. The number of anilines is 1. The topological polar surface area (TPSA) is 55.4 Å². The third-order valence-corrected chi connectivity index (χ3v) is 4.30. The van der Waals surface area contributed by atoms with E-state index in [1.54, 1.807) is 6.07 Å². The summed E-state index contributed by atoms with van der Waals surface area (Å²) in [6.45, 7) is 1.46. The molecular formula is C23H20FNO3. The molecule has 0 heterocycles. The van der Waals surface area contributed by atoms with Gasteiger partial charge in [0.1, 0.15) is 11.7 Å². The van der Waals surface area contributed by atoms with Crippen LogP contribution >= 0.6 is 0 Å². The van der Waals surface area contributed by atoms with Gasteiger partial charge in [-0.05, 0) is 30.2 Å². The van der Waals surface area contributed by atoms with E-state index in [1.807, 2.05) is 60.7 Å². The zero-order valence-electron chi connectivity index (χ0n) is 15.3. The summed E-state index contributed by atoms with van der Waals surface area (Å²) < 4.78 is 19.1. The van der Waals surface area contributed by atoms with E-state index in [2.05, 4.69) is 5.32 Å². The SMILES string of the molecule is C[C@H](OC(=O)C(c1ccccc1)c1ccccc1)C(=O)Nc1ccccc1F. The maximum atomic E-state index is 13.7. The van der Waals surface area contributed by atoms with Crippen LogP contribution in [0.25, 0.3) is 0 Å². The number of hydrogen-bond donors (Lipinski definition) is 1. The van der Waals surface area contributed by atoms with Crippen molar-refractivity contribution in [2.45, 2.75) is 18.9 Å². The van der Waals surface area contributed by atoms with E-state index in [4.69, 9.17) is 4.74 Å². The molecule has 0 aliphatic heterocycles. The van der Waals surface area contributed by atoms with Crippen LogP contribution in [-0.2, 0) is 14.3 Å². The Morgan fingerprint density at radius 2 is 1.32 bits per heavy atom. The molecule has 1 atom stereocenters. The number of ether oxygens (including phenoxy) is 1. The molecule has 0 aromatic heterocycles. The Morgan fingerprint density at radius 3 is 1.86 bits per heavy atom. The fourth-order valence-electron chi connectivity index (χ4n) is 2.85. The molecule has 0 bridgehead atoms. The highest BCUT2D eigenvalue weighted by molar-refractivity contribution is 5.95. The average molecular weight is 377 g/mol. The molecule has 0 unspecified atom stereocenters. The molecule has 4 nitrogen and oxygen atoms in total. The van der Waals surface area contributed by atoms with Crippen molar-refractivity contribution in [1.82, 2.24) is 0 Å². The second-order valence-corrected chi connectivity index (χ2v) is 6.30. The lowest BCUT2D eigenvalue weighted by atomic mass is 9.91. The average Bonchev–Trinajstić information content (AvgIpc) is 2.71. The molecule has 3 aromatic rings. The van der Waals surface area contributed by atoms with Crippen molar-refractivity contribution in [1.29, 1.82) is 0 Å². The van der Waals surface area contributed by atoms with Crippen LogP contribution in [0.2, 0.25) is 0 Å². The van der Waals surface area contributed by atoms with Crippen molar-refractivity contribution in [3.8, 4) is 0 Å². The highest BCUT2D eigenvalue weighted by Crippen LogP contribution is 2.26. The molecule has 142 valence electrons. The summed E-state index contributed by atoms with van der Waals surface area (Å²) in [5.41, 5.74) is 1.57. The van der Waals surface area contributed by atoms with Crippen LogP contribution in [0.1, 0.15) is 24.0 Å². The van der Waals surface area contributed by atoms with E-state index < -0.39 is 29.7 Å². The Morgan fingerprint density at radius 1 is 0.821 bits per heavy atom. The highest BCUT2D eigenvalue weighted by atomic mass is 19.1. The molecule has 5 heteroatoms. The summed E-state index contributed by atoms with van der Waals surface area (Å²) in [6.07, 6.45) is -1.08. The van der Waals surface area contributed by atoms with Gasteiger partial charge in [-0.15, -0.1) is 0 Å². The van der Waals surface area contributed by atoms with E-state index in [0.717, 1.165) is 11.1 Å². The van der Waals surface area contributed by atoms with Gasteiger partial charge in [-0.2, -0.15) is 0 Å². The van der Waals surface area contributed by atoms with Crippen LogP contribution in [0.3, 0.4) is 0 Å². The van der Waals surface area contributed by atoms with Gasteiger partial charge >= 0.3 is 5.97 Å². The van der Waals surface area contributed by atoms with Crippen molar-refractivity contribution in [2.75, 3.05) is 5.32 Å². The summed E-state index contributed by atoms with van der Waals surface area (Å²) in [5, 5.41) is 2.44. The zero-order chi connectivity index (χ0) is 19.9. The van der Waals surface area contributed by atoms with Crippen LogP contribution in [0.5, 0.6) is 0 Å². The van der Waals surface area contributed by atoms with Gasteiger partial charge in [0.05, 0.1) is 5.69 Å². The Bertz CT molecular complexity index is 905. The maximum absolute atomic E-state index is 13.7. The maximum Gasteiger partial charge on any atom is 0.318 e. The first kappa shape index (κ1) is 19.3. The number of hydrogen-bond acceptors (Lipinski definition) is 3. The number of esters is 1. The molecule has 28 heavy (non-hydrogen) atoms. The van der Waals surface area contributed by atoms with Gasteiger partial charge in [0.2, 0.25) is 0 Å². The van der Waals surface area contributed by atoms with Gasteiger partial charge in [0, 0.05) is 0 Å². The van der Waals surface area contributed by atoms with Crippen molar-refractivity contribution in [3.05, 3.63) is 102 Å². The number of amides is 1. The lowest BCUT2D eigenvalue weighted by Gasteiger charge is -2.20. The number of para-hydroxylation sites is 1. The number of benzene rings is 3. The number of nitrogens with one attached hydrogen (secondary N) is 1. The van der Waals surface area contributed by atoms with Crippen molar-refractivity contribution >= 4 is 17.6 Å². The van der Waals surface area contributed by atoms with Gasteiger partial charge in [-0.1, -0.05) is 72.8 Å². The van der Waals surface area contributed by atoms with E-state index in [-0.39, 0.29) is 5.69 Å². The fourth-order valence-corrected chi connectivity index (χ4v) is 2.85. The van der Waals surface area contributed by atoms with Gasteiger partial charge in [-0.3, -0.25) is 9.59 Å². The van der Waals surface area contributed by atoms with E-state index in [0.29, 0.717) is 0 Å². The van der Waals surface area contributed by atoms with Crippen molar-refractivity contribution < 1.29 is 18.7 Å². The second-order valence-electron chi connectivity index (χ2n) is 6.30. The summed E-state index contributed by atoms with van der Waals surface area (Å²) >= 11 is 0. The monoisotopic (exact) mass is 377 g/mol. The smallest absolute Gasteiger partial charge is 0.318 e. The normalized spacial score (nSPS) is 11.7. The Kier molecular flexibility index (Phi) is 6.17. The predicted molar refractivity (Wildman–Crippen MR) is 105 cm³/mol. The Labute approximate surface area is 163 Å². The van der Waals surface area contributed by atoms with Crippen LogP contribution < -0.4 is 5.32 Å². The van der Waals surface area contributed by atoms with Crippen molar-refractivity contribution in [2.24, 2.45) is 0 Å². The molecule has 1 N–H and O–H groups in total. The van der Waals surface area contributed by atoms with Gasteiger partial charge in [0.15, 0.2) is 6.10 Å². The standard InChI is InChI=1S/C23H20FNO3/c1-16(22(26)25-20-15-9-8-14-19(20)24)28-23(27)21(17-10-4-2-5-11-17)18-12-6-3-7-13-18/h2-16,21H,1H3,(H,25,26)/t16-/m0/s1.